The Hall–Kier alpha value is -4.66. The fourth-order valence-corrected chi connectivity index (χ4v) is 4.16. The van der Waals surface area contributed by atoms with Gasteiger partial charge in [0.15, 0.2) is 11.5 Å². The number of carbonyl (C=O) groups excluding carboxylic acids is 1. The maximum atomic E-state index is 14.0. The third kappa shape index (κ3) is 4.50. The summed E-state index contributed by atoms with van der Waals surface area (Å²) in [4.78, 5) is 17.7. The van der Waals surface area contributed by atoms with E-state index in [1.807, 2.05) is 43.3 Å². The topological polar surface area (TPSA) is 90.3 Å². The van der Waals surface area contributed by atoms with Crippen molar-refractivity contribution in [2.24, 2.45) is 0 Å². The Labute approximate surface area is 207 Å². The summed E-state index contributed by atoms with van der Waals surface area (Å²) in [6.45, 7) is 1.88. The lowest BCUT2D eigenvalue weighted by Crippen LogP contribution is -2.31. The van der Waals surface area contributed by atoms with Gasteiger partial charge in [-0.2, -0.15) is 10.1 Å². The molecule has 182 valence electrons. The number of fused-ring (bicyclic) bond motifs is 1. The molecule has 8 nitrogen and oxygen atoms in total. The number of para-hydroxylation sites is 1. The fourth-order valence-electron chi connectivity index (χ4n) is 4.16. The van der Waals surface area contributed by atoms with E-state index in [0.717, 1.165) is 5.56 Å². The molecule has 1 aromatic heterocycles. The molecule has 0 spiro atoms. The van der Waals surface area contributed by atoms with Gasteiger partial charge >= 0.3 is 0 Å². The molecule has 36 heavy (non-hydrogen) atoms. The van der Waals surface area contributed by atoms with Crippen molar-refractivity contribution in [1.82, 2.24) is 14.8 Å². The summed E-state index contributed by atoms with van der Waals surface area (Å²) in [6.07, 6.45) is 1.43. The van der Waals surface area contributed by atoms with Crippen LogP contribution in [0.2, 0.25) is 0 Å². The second-order valence-electron chi connectivity index (χ2n) is 8.20. The van der Waals surface area contributed by atoms with Gasteiger partial charge in [-0.1, -0.05) is 42.5 Å². The molecule has 0 radical (unpaired) electrons. The average molecular weight is 486 g/mol. The van der Waals surface area contributed by atoms with Crippen LogP contribution in [0.3, 0.4) is 0 Å². The second kappa shape index (κ2) is 9.91. The minimum absolute atomic E-state index is 0.0483. The number of hydrogen-bond acceptors (Lipinski definition) is 6. The average Bonchev–Trinajstić information content (AvgIpc) is 3.36. The maximum Gasteiger partial charge on any atom is 0.255 e. The number of anilines is 2. The minimum atomic E-state index is -0.568. The molecule has 3 aromatic carbocycles. The van der Waals surface area contributed by atoms with Crippen molar-refractivity contribution in [1.29, 1.82) is 0 Å². The SMILES string of the molecule is COc1cc(C2C(C(=O)Nc3ccccc3)=C(C)Nc3ncnn32)ccc1OCc1ccccc1F. The van der Waals surface area contributed by atoms with Crippen LogP contribution in [0.15, 0.2) is 90.4 Å². The van der Waals surface area contributed by atoms with Crippen LogP contribution in [0.4, 0.5) is 16.0 Å². The monoisotopic (exact) mass is 485 g/mol. The standard InChI is InChI=1S/C27H24FN5O3/c1-17-24(26(34)32-20-9-4-3-5-10-20)25(33-27(31-17)29-16-30-33)18-12-13-22(23(14-18)35-2)36-15-19-8-6-7-11-21(19)28/h3-14,16,25H,15H2,1-2H3,(H,32,34)(H,29,30,31). The molecule has 0 fully saturated rings. The van der Waals surface area contributed by atoms with E-state index in [1.54, 1.807) is 35.0 Å². The van der Waals surface area contributed by atoms with Crippen LogP contribution >= 0.6 is 0 Å². The molecule has 5 rings (SSSR count). The second-order valence-corrected chi connectivity index (χ2v) is 8.20. The normalized spacial score (nSPS) is 14.6. The first-order chi connectivity index (χ1) is 17.5. The Morgan fingerprint density at radius 3 is 2.64 bits per heavy atom. The number of hydrogen-bond donors (Lipinski definition) is 2. The smallest absolute Gasteiger partial charge is 0.255 e. The highest BCUT2D eigenvalue weighted by molar-refractivity contribution is 6.06. The number of halogens is 1. The summed E-state index contributed by atoms with van der Waals surface area (Å²) in [5.74, 6) is 0.817. The van der Waals surface area contributed by atoms with E-state index >= 15 is 0 Å². The molecule has 1 unspecified atom stereocenters. The van der Waals surface area contributed by atoms with Crippen molar-refractivity contribution < 1.29 is 18.7 Å². The molecule has 0 saturated heterocycles. The van der Waals surface area contributed by atoms with Crippen LogP contribution in [0, 0.1) is 5.82 Å². The summed E-state index contributed by atoms with van der Waals surface area (Å²) in [7, 11) is 1.53. The Morgan fingerprint density at radius 1 is 1.08 bits per heavy atom. The van der Waals surface area contributed by atoms with Gasteiger partial charge in [0.2, 0.25) is 5.95 Å². The zero-order valence-electron chi connectivity index (χ0n) is 19.7. The molecule has 0 aliphatic carbocycles. The van der Waals surface area contributed by atoms with Crippen LogP contribution in [0.1, 0.15) is 24.1 Å². The summed E-state index contributed by atoms with van der Waals surface area (Å²) in [5, 5.41) is 10.5. The number of rotatable bonds is 7. The summed E-state index contributed by atoms with van der Waals surface area (Å²) < 4.78 is 27.1. The van der Waals surface area contributed by atoms with Crippen molar-refractivity contribution in [2.75, 3.05) is 17.7 Å². The van der Waals surface area contributed by atoms with Crippen molar-refractivity contribution >= 4 is 17.5 Å². The first-order valence-corrected chi connectivity index (χ1v) is 11.3. The number of carbonyl (C=O) groups is 1. The van der Waals surface area contributed by atoms with Gasteiger partial charge in [-0.25, -0.2) is 9.07 Å². The molecular formula is C27H24FN5O3. The summed E-state index contributed by atoms with van der Waals surface area (Å²) in [5.41, 5.74) is 3.01. The van der Waals surface area contributed by atoms with E-state index in [1.165, 1.54) is 19.5 Å². The van der Waals surface area contributed by atoms with Gasteiger partial charge in [-0.3, -0.25) is 4.79 Å². The van der Waals surface area contributed by atoms with Gasteiger partial charge in [0.1, 0.15) is 24.8 Å². The quantitative estimate of drug-likeness (QED) is 0.386. The number of methoxy groups -OCH3 is 1. The number of amides is 1. The van der Waals surface area contributed by atoms with Crippen LogP contribution in [0.5, 0.6) is 11.5 Å². The van der Waals surface area contributed by atoms with Gasteiger partial charge in [0, 0.05) is 16.9 Å². The van der Waals surface area contributed by atoms with Gasteiger partial charge in [-0.05, 0) is 42.8 Å². The van der Waals surface area contributed by atoms with E-state index in [2.05, 4.69) is 20.7 Å². The zero-order chi connectivity index (χ0) is 25.1. The Balaban J connectivity index is 1.48. The maximum absolute atomic E-state index is 14.0. The first kappa shape index (κ1) is 23.1. The highest BCUT2D eigenvalue weighted by Crippen LogP contribution is 2.39. The third-order valence-electron chi connectivity index (χ3n) is 5.92. The number of benzene rings is 3. The number of nitrogens with zero attached hydrogens (tertiary/aromatic N) is 3. The molecule has 1 atom stereocenters. The summed E-state index contributed by atoms with van der Waals surface area (Å²) >= 11 is 0. The highest BCUT2D eigenvalue weighted by atomic mass is 19.1. The van der Waals surface area contributed by atoms with Crippen molar-refractivity contribution in [2.45, 2.75) is 19.6 Å². The van der Waals surface area contributed by atoms with Crippen molar-refractivity contribution in [3.63, 3.8) is 0 Å². The van der Waals surface area contributed by atoms with Crippen molar-refractivity contribution in [3.8, 4) is 11.5 Å². The lowest BCUT2D eigenvalue weighted by atomic mass is 9.94. The van der Waals surface area contributed by atoms with Gasteiger partial charge in [0.05, 0.1) is 12.7 Å². The lowest BCUT2D eigenvalue weighted by molar-refractivity contribution is -0.113. The summed E-state index contributed by atoms with van der Waals surface area (Å²) in [6, 6.07) is 20.5. The Kier molecular flexibility index (Phi) is 6.36. The van der Waals surface area contributed by atoms with Crippen LogP contribution in [-0.2, 0) is 11.4 Å². The van der Waals surface area contributed by atoms with E-state index in [4.69, 9.17) is 9.47 Å². The van der Waals surface area contributed by atoms with Gasteiger partial charge < -0.3 is 20.1 Å². The number of nitrogens with one attached hydrogen (secondary N) is 2. The molecule has 4 aromatic rings. The molecule has 2 N–H and O–H groups in total. The molecule has 2 heterocycles. The van der Waals surface area contributed by atoms with E-state index in [9.17, 15) is 9.18 Å². The Bertz CT molecular complexity index is 1430. The highest BCUT2D eigenvalue weighted by Gasteiger charge is 2.34. The third-order valence-corrected chi connectivity index (χ3v) is 5.92. The molecule has 0 saturated carbocycles. The molecule has 1 aliphatic heterocycles. The van der Waals surface area contributed by atoms with Gasteiger partial charge in [-0.15, -0.1) is 0 Å². The molecular weight excluding hydrogens is 461 g/mol. The zero-order valence-corrected chi connectivity index (χ0v) is 19.7. The molecule has 1 amide bonds. The largest absolute Gasteiger partial charge is 0.493 e. The van der Waals surface area contributed by atoms with E-state index < -0.39 is 6.04 Å². The number of aromatic nitrogens is 3. The predicted molar refractivity (Wildman–Crippen MR) is 133 cm³/mol. The van der Waals surface area contributed by atoms with Crippen LogP contribution in [0.25, 0.3) is 0 Å². The predicted octanol–water partition coefficient (Wildman–Crippen LogP) is 4.93. The van der Waals surface area contributed by atoms with Crippen LogP contribution < -0.4 is 20.1 Å². The van der Waals surface area contributed by atoms with Crippen LogP contribution in [-0.4, -0.2) is 27.8 Å². The molecule has 0 bridgehead atoms. The molecule has 9 heteroatoms. The minimum Gasteiger partial charge on any atom is -0.493 e. The molecule has 1 aliphatic rings. The van der Waals surface area contributed by atoms with E-state index in [0.29, 0.717) is 40.0 Å². The van der Waals surface area contributed by atoms with Crippen molar-refractivity contribution in [3.05, 3.63) is 107 Å². The van der Waals surface area contributed by atoms with E-state index in [-0.39, 0.29) is 18.3 Å². The Morgan fingerprint density at radius 2 is 1.86 bits per heavy atom. The fraction of sp³-hybridized carbons (Fsp3) is 0.148. The number of ether oxygens (including phenoxy) is 2. The number of allylic oxidation sites excluding steroid dienone is 1. The lowest BCUT2D eigenvalue weighted by Gasteiger charge is -2.29. The first-order valence-electron chi connectivity index (χ1n) is 11.3. The van der Waals surface area contributed by atoms with Gasteiger partial charge in [0.25, 0.3) is 5.91 Å².